The van der Waals surface area contributed by atoms with Crippen LogP contribution in [0.3, 0.4) is 0 Å². The van der Waals surface area contributed by atoms with Crippen LogP contribution in [0.5, 0.6) is 5.88 Å². The lowest BCUT2D eigenvalue weighted by atomic mass is 10.2. The first-order valence-corrected chi connectivity index (χ1v) is 6.80. The van der Waals surface area contributed by atoms with Crippen molar-refractivity contribution in [3.63, 3.8) is 0 Å². The van der Waals surface area contributed by atoms with Gasteiger partial charge in [-0.3, -0.25) is 0 Å². The summed E-state index contributed by atoms with van der Waals surface area (Å²) in [5.41, 5.74) is 1.56. The standard InChI is InChI=1S/C15H16ClFN2O/c1-2-18-8-12-7-13(17)9-19-15(12)20-10-11-5-3-4-6-14(11)16/h3-7,9,18H,2,8,10H2,1H3. The van der Waals surface area contributed by atoms with Crippen molar-refractivity contribution in [2.45, 2.75) is 20.1 Å². The summed E-state index contributed by atoms with van der Waals surface area (Å²) in [5, 5.41) is 3.77. The lowest BCUT2D eigenvalue weighted by molar-refractivity contribution is 0.288. The Morgan fingerprint density at radius 1 is 1.30 bits per heavy atom. The number of benzene rings is 1. The van der Waals surface area contributed by atoms with Crippen molar-refractivity contribution in [1.82, 2.24) is 10.3 Å². The SMILES string of the molecule is CCNCc1cc(F)cnc1OCc1ccccc1Cl. The van der Waals surface area contributed by atoms with Crippen molar-refractivity contribution in [2.24, 2.45) is 0 Å². The molecule has 0 fully saturated rings. The second kappa shape index (κ2) is 7.22. The summed E-state index contributed by atoms with van der Waals surface area (Å²) in [5.74, 6) is 0.0512. The van der Waals surface area contributed by atoms with Gasteiger partial charge in [0.15, 0.2) is 0 Å². The summed E-state index contributed by atoms with van der Waals surface area (Å²) in [6.07, 6.45) is 1.15. The van der Waals surface area contributed by atoms with Gasteiger partial charge in [-0.25, -0.2) is 9.37 Å². The van der Waals surface area contributed by atoms with Gasteiger partial charge in [0.05, 0.1) is 6.20 Å². The van der Waals surface area contributed by atoms with Gasteiger partial charge in [-0.1, -0.05) is 36.7 Å². The molecule has 106 valence electrons. The molecule has 5 heteroatoms. The Bertz CT molecular complexity index is 578. The highest BCUT2D eigenvalue weighted by molar-refractivity contribution is 6.31. The van der Waals surface area contributed by atoms with Crippen LogP contribution in [-0.4, -0.2) is 11.5 Å². The lowest BCUT2D eigenvalue weighted by Crippen LogP contribution is -2.14. The van der Waals surface area contributed by atoms with Crippen LogP contribution in [-0.2, 0) is 13.2 Å². The third-order valence-corrected chi connectivity index (χ3v) is 3.15. The third kappa shape index (κ3) is 3.92. The molecule has 0 spiro atoms. The summed E-state index contributed by atoms with van der Waals surface area (Å²) in [6, 6.07) is 8.87. The van der Waals surface area contributed by atoms with Crippen molar-refractivity contribution in [3.05, 3.63) is 58.5 Å². The largest absolute Gasteiger partial charge is 0.473 e. The second-order valence-electron chi connectivity index (χ2n) is 4.28. The van der Waals surface area contributed by atoms with Gasteiger partial charge in [0.25, 0.3) is 0 Å². The minimum atomic E-state index is -0.372. The molecule has 1 aromatic heterocycles. The molecule has 3 nitrogen and oxygen atoms in total. The number of rotatable bonds is 6. The van der Waals surface area contributed by atoms with E-state index in [4.69, 9.17) is 16.3 Å². The van der Waals surface area contributed by atoms with Gasteiger partial charge >= 0.3 is 0 Å². The molecule has 0 saturated carbocycles. The van der Waals surface area contributed by atoms with Crippen molar-refractivity contribution in [2.75, 3.05) is 6.54 Å². The van der Waals surface area contributed by atoms with Crippen molar-refractivity contribution in [3.8, 4) is 5.88 Å². The molecule has 0 saturated heterocycles. The molecule has 0 aliphatic heterocycles. The number of nitrogens with one attached hydrogen (secondary N) is 1. The predicted octanol–water partition coefficient (Wildman–Crippen LogP) is 3.56. The van der Waals surface area contributed by atoms with E-state index in [1.807, 2.05) is 25.1 Å². The van der Waals surface area contributed by atoms with E-state index in [1.54, 1.807) is 6.07 Å². The Hall–Kier alpha value is -1.65. The summed E-state index contributed by atoms with van der Waals surface area (Å²) >= 11 is 6.07. The van der Waals surface area contributed by atoms with Gasteiger partial charge < -0.3 is 10.1 Å². The fourth-order valence-corrected chi connectivity index (χ4v) is 1.94. The summed E-state index contributed by atoms with van der Waals surface area (Å²) < 4.78 is 18.9. The smallest absolute Gasteiger partial charge is 0.218 e. The molecule has 2 rings (SSSR count). The molecule has 2 aromatic rings. The van der Waals surface area contributed by atoms with Crippen LogP contribution in [0.2, 0.25) is 5.02 Å². The van der Waals surface area contributed by atoms with Crippen molar-refractivity contribution in [1.29, 1.82) is 0 Å². The highest BCUT2D eigenvalue weighted by Gasteiger charge is 2.08. The first-order chi connectivity index (χ1) is 9.70. The number of nitrogens with zero attached hydrogens (tertiary/aromatic N) is 1. The Labute approximate surface area is 122 Å². The average Bonchev–Trinajstić information content (AvgIpc) is 2.45. The summed E-state index contributed by atoms with van der Waals surface area (Å²) in [7, 11) is 0. The van der Waals surface area contributed by atoms with Gasteiger partial charge in [-0.2, -0.15) is 0 Å². The minimum absolute atomic E-state index is 0.303. The van der Waals surface area contributed by atoms with E-state index in [2.05, 4.69) is 10.3 Å². The van der Waals surface area contributed by atoms with Crippen molar-refractivity contribution >= 4 is 11.6 Å². The summed E-state index contributed by atoms with van der Waals surface area (Å²) in [4.78, 5) is 4.00. The zero-order chi connectivity index (χ0) is 14.4. The van der Waals surface area contributed by atoms with Crippen LogP contribution in [0.15, 0.2) is 36.5 Å². The molecular formula is C15H16ClFN2O. The number of ether oxygens (including phenoxy) is 1. The van der Waals surface area contributed by atoms with Crippen LogP contribution in [0.1, 0.15) is 18.1 Å². The molecule has 1 heterocycles. The van der Waals surface area contributed by atoms with E-state index in [-0.39, 0.29) is 5.82 Å². The molecule has 0 aliphatic rings. The maximum Gasteiger partial charge on any atom is 0.218 e. The molecule has 1 N–H and O–H groups in total. The minimum Gasteiger partial charge on any atom is -0.473 e. The van der Waals surface area contributed by atoms with Crippen LogP contribution in [0.4, 0.5) is 4.39 Å². The highest BCUT2D eigenvalue weighted by Crippen LogP contribution is 2.20. The first kappa shape index (κ1) is 14.8. The van der Waals surface area contributed by atoms with E-state index < -0.39 is 0 Å². The van der Waals surface area contributed by atoms with Gasteiger partial charge in [0, 0.05) is 22.7 Å². The molecular weight excluding hydrogens is 279 g/mol. The maximum absolute atomic E-state index is 13.2. The third-order valence-electron chi connectivity index (χ3n) is 2.78. The molecule has 0 radical (unpaired) electrons. The highest BCUT2D eigenvalue weighted by atomic mass is 35.5. The molecule has 0 atom stereocenters. The molecule has 1 aromatic carbocycles. The topological polar surface area (TPSA) is 34.2 Å². The quantitative estimate of drug-likeness (QED) is 0.884. The van der Waals surface area contributed by atoms with Crippen molar-refractivity contribution < 1.29 is 9.13 Å². The predicted molar refractivity (Wildman–Crippen MR) is 77.4 cm³/mol. The van der Waals surface area contributed by atoms with Crippen LogP contribution >= 0.6 is 11.6 Å². The second-order valence-corrected chi connectivity index (χ2v) is 4.69. The fourth-order valence-electron chi connectivity index (χ4n) is 1.75. The van der Waals surface area contributed by atoms with E-state index >= 15 is 0 Å². The van der Waals surface area contributed by atoms with Gasteiger partial charge in [0.1, 0.15) is 12.4 Å². The zero-order valence-electron chi connectivity index (χ0n) is 11.2. The van der Waals surface area contributed by atoms with Gasteiger partial charge in [-0.15, -0.1) is 0 Å². The fraction of sp³-hybridized carbons (Fsp3) is 0.267. The van der Waals surface area contributed by atoms with Crippen LogP contribution < -0.4 is 10.1 Å². The monoisotopic (exact) mass is 294 g/mol. The van der Waals surface area contributed by atoms with Crippen LogP contribution in [0.25, 0.3) is 0 Å². The van der Waals surface area contributed by atoms with E-state index in [0.29, 0.717) is 29.6 Å². The lowest BCUT2D eigenvalue weighted by Gasteiger charge is -2.11. The molecule has 0 unspecified atom stereocenters. The number of hydrogen-bond acceptors (Lipinski definition) is 3. The van der Waals surface area contributed by atoms with Gasteiger partial charge in [-0.05, 0) is 18.7 Å². The summed E-state index contributed by atoms with van der Waals surface area (Å²) in [6.45, 7) is 3.59. The van der Waals surface area contributed by atoms with Crippen LogP contribution in [0, 0.1) is 5.82 Å². The average molecular weight is 295 g/mol. The Morgan fingerprint density at radius 2 is 2.10 bits per heavy atom. The molecule has 20 heavy (non-hydrogen) atoms. The van der Waals surface area contributed by atoms with E-state index in [1.165, 1.54) is 6.07 Å². The van der Waals surface area contributed by atoms with Gasteiger partial charge in [0.2, 0.25) is 5.88 Å². The number of aromatic nitrogens is 1. The maximum atomic E-state index is 13.2. The Kier molecular flexibility index (Phi) is 5.32. The Morgan fingerprint density at radius 3 is 2.85 bits per heavy atom. The Balaban J connectivity index is 2.10. The normalized spacial score (nSPS) is 10.6. The number of halogens is 2. The number of hydrogen-bond donors (Lipinski definition) is 1. The van der Waals surface area contributed by atoms with E-state index in [9.17, 15) is 4.39 Å². The number of pyridine rings is 1. The van der Waals surface area contributed by atoms with E-state index in [0.717, 1.165) is 18.3 Å². The first-order valence-electron chi connectivity index (χ1n) is 6.42. The molecule has 0 amide bonds. The zero-order valence-corrected chi connectivity index (χ0v) is 12.0. The molecule has 0 bridgehead atoms. The molecule has 0 aliphatic carbocycles.